The van der Waals surface area contributed by atoms with Gasteiger partial charge in [-0.1, -0.05) is 27.7 Å². The fourth-order valence-electron chi connectivity index (χ4n) is 3.74. The number of amides is 1. The number of rotatable bonds is 9. The lowest BCUT2D eigenvalue weighted by atomic mass is 10.1. The predicted octanol–water partition coefficient (Wildman–Crippen LogP) is 5.80. The van der Waals surface area contributed by atoms with E-state index in [4.69, 9.17) is 23.6 Å². The van der Waals surface area contributed by atoms with Gasteiger partial charge in [0.25, 0.3) is 5.22 Å². The van der Waals surface area contributed by atoms with E-state index in [-0.39, 0.29) is 11.7 Å². The third-order valence-corrected chi connectivity index (χ3v) is 6.88. The molecule has 3 aromatic carbocycles. The smallest absolute Gasteiger partial charge is 0.277 e. The molecule has 0 atom stereocenters. The molecule has 0 spiro atoms. The van der Waals surface area contributed by atoms with Gasteiger partial charge in [-0.25, -0.2) is 4.98 Å². The summed E-state index contributed by atoms with van der Waals surface area (Å²) in [6, 6.07) is 16.6. The Kier molecular flexibility index (Phi) is 7.52. The monoisotopic (exact) mass is 595 g/mol. The van der Waals surface area contributed by atoms with Gasteiger partial charge in [0, 0.05) is 21.3 Å². The SMILES string of the molecule is COc1cc(-c2nc3ccc(-c4nnc(SCC(=O)Nc5ccc(Br)cc5)o4)cc3[nH]2)cc(OC)c1OC. The Hall–Kier alpha value is -4.03. The van der Waals surface area contributed by atoms with Crippen molar-refractivity contribution in [2.75, 3.05) is 32.4 Å². The molecular formula is C26H22BrN5O5S. The van der Waals surface area contributed by atoms with Crippen LogP contribution in [0.3, 0.4) is 0 Å². The first-order valence-corrected chi connectivity index (χ1v) is 13.1. The number of benzene rings is 3. The minimum Gasteiger partial charge on any atom is -0.493 e. The standard InChI is InChI=1S/C26H22BrN5O5S/c1-34-20-11-15(12-21(35-2)23(20)36-3)24-29-18-9-4-14(10-19(18)30-24)25-31-32-26(37-25)38-13-22(33)28-17-7-5-16(27)6-8-17/h4-12H,13H2,1-3H3,(H,28,33)(H,29,30). The van der Waals surface area contributed by atoms with Crippen molar-refractivity contribution in [3.8, 4) is 40.1 Å². The Labute approximate surface area is 230 Å². The van der Waals surface area contributed by atoms with E-state index in [0.717, 1.165) is 26.6 Å². The van der Waals surface area contributed by atoms with Crippen molar-refractivity contribution >= 4 is 50.3 Å². The number of methoxy groups -OCH3 is 3. The number of hydrogen-bond acceptors (Lipinski definition) is 9. The molecule has 12 heteroatoms. The number of hydrogen-bond donors (Lipinski definition) is 2. The minimum atomic E-state index is -0.171. The van der Waals surface area contributed by atoms with Crippen molar-refractivity contribution in [1.29, 1.82) is 0 Å². The number of nitrogens with one attached hydrogen (secondary N) is 2. The summed E-state index contributed by atoms with van der Waals surface area (Å²) in [5.41, 5.74) is 3.75. The molecule has 0 aliphatic carbocycles. The van der Waals surface area contributed by atoms with Crippen LogP contribution in [0.2, 0.25) is 0 Å². The summed E-state index contributed by atoms with van der Waals surface area (Å²) in [7, 11) is 4.69. The normalized spacial score (nSPS) is 10.9. The maximum Gasteiger partial charge on any atom is 0.277 e. The predicted molar refractivity (Wildman–Crippen MR) is 148 cm³/mol. The highest BCUT2D eigenvalue weighted by Crippen LogP contribution is 2.41. The summed E-state index contributed by atoms with van der Waals surface area (Å²) in [4.78, 5) is 20.3. The van der Waals surface area contributed by atoms with Crippen molar-refractivity contribution in [1.82, 2.24) is 20.2 Å². The Morgan fingerprint density at radius 3 is 2.39 bits per heavy atom. The number of fused-ring (bicyclic) bond motifs is 1. The highest BCUT2D eigenvalue weighted by Gasteiger charge is 2.17. The molecule has 0 unspecified atom stereocenters. The van der Waals surface area contributed by atoms with E-state index in [1.165, 1.54) is 11.8 Å². The van der Waals surface area contributed by atoms with Gasteiger partial charge in [-0.3, -0.25) is 4.79 Å². The van der Waals surface area contributed by atoms with Crippen molar-refractivity contribution < 1.29 is 23.4 Å². The molecule has 194 valence electrons. The number of H-pyrrole nitrogens is 1. The zero-order valence-corrected chi connectivity index (χ0v) is 23.0. The Morgan fingerprint density at radius 2 is 1.71 bits per heavy atom. The number of aromatic nitrogens is 4. The van der Waals surface area contributed by atoms with Crippen LogP contribution in [-0.4, -0.2) is 53.2 Å². The number of halogens is 1. The van der Waals surface area contributed by atoms with Gasteiger partial charge in [-0.15, -0.1) is 10.2 Å². The van der Waals surface area contributed by atoms with Crippen molar-refractivity contribution in [2.24, 2.45) is 0 Å². The van der Waals surface area contributed by atoms with E-state index in [0.29, 0.717) is 39.9 Å². The zero-order chi connectivity index (χ0) is 26.6. The Bertz CT molecular complexity index is 1580. The molecule has 2 aromatic heterocycles. The summed E-state index contributed by atoms with van der Waals surface area (Å²) in [6.45, 7) is 0. The third kappa shape index (κ3) is 5.46. The van der Waals surface area contributed by atoms with Gasteiger partial charge >= 0.3 is 0 Å². The molecule has 10 nitrogen and oxygen atoms in total. The summed E-state index contributed by atoms with van der Waals surface area (Å²) < 4.78 is 23.1. The average Bonchev–Trinajstić information content (AvgIpc) is 3.59. The maximum absolute atomic E-state index is 12.3. The lowest BCUT2D eigenvalue weighted by molar-refractivity contribution is -0.113. The lowest BCUT2D eigenvalue weighted by Gasteiger charge is -2.13. The molecule has 0 saturated carbocycles. The van der Waals surface area contributed by atoms with Gasteiger partial charge in [0.05, 0.1) is 38.1 Å². The fraction of sp³-hybridized carbons (Fsp3) is 0.154. The van der Waals surface area contributed by atoms with Gasteiger partial charge < -0.3 is 28.9 Å². The summed E-state index contributed by atoms with van der Waals surface area (Å²) in [6.07, 6.45) is 0. The molecular weight excluding hydrogens is 574 g/mol. The van der Waals surface area contributed by atoms with Crippen LogP contribution in [0, 0.1) is 0 Å². The van der Waals surface area contributed by atoms with Crippen LogP contribution in [0.5, 0.6) is 17.2 Å². The van der Waals surface area contributed by atoms with Crippen LogP contribution in [0.1, 0.15) is 0 Å². The molecule has 5 aromatic rings. The van der Waals surface area contributed by atoms with Crippen LogP contribution in [-0.2, 0) is 4.79 Å². The van der Waals surface area contributed by atoms with Crippen LogP contribution < -0.4 is 19.5 Å². The topological polar surface area (TPSA) is 124 Å². The lowest BCUT2D eigenvalue weighted by Crippen LogP contribution is -2.13. The number of imidazole rings is 1. The van der Waals surface area contributed by atoms with E-state index in [9.17, 15) is 4.79 Å². The van der Waals surface area contributed by atoms with Gasteiger partial charge in [0.2, 0.25) is 17.5 Å². The average molecular weight is 596 g/mol. The maximum atomic E-state index is 12.3. The number of carbonyl (C=O) groups excluding carboxylic acids is 1. The molecule has 0 saturated heterocycles. The fourth-order valence-corrected chi connectivity index (χ4v) is 4.57. The number of carbonyl (C=O) groups is 1. The second kappa shape index (κ2) is 11.2. The molecule has 38 heavy (non-hydrogen) atoms. The molecule has 0 fully saturated rings. The van der Waals surface area contributed by atoms with Crippen molar-refractivity contribution in [2.45, 2.75) is 5.22 Å². The van der Waals surface area contributed by atoms with Gasteiger partial charge in [0.15, 0.2) is 11.5 Å². The molecule has 5 rings (SSSR count). The molecule has 1 amide bonds. The third-order valence-electron chi connectivity index (χ3n) is 5.53. The van der Waals surface area contributed by atoms with Crippen molar-refractivity contribution in [3.63, 3.8) is 0 Å². The number of thioether (sulfide) groups is 1. The molecule has 0 aliphatic heterocycles. The first-order valence-electron chi connectivity index (χ1n) is 11.3. The number of ether oxygens (including phenoxy) is 3. The molecule has 0 bridgehead atoms. The quantitative estimate of drug-likeness (QED) is 0.203. The van der Waals surface area contributed by atoms with Crippen molar-refractivity contribution in [3.05, 3.63) is 59.1 Å². The first kappa shape index (κ1) is 25.6. The number of anilines is 1. The van der Waals surface area contributed by atoms with Crippen LogP contribution >= 0.6 is 27.7 Å². The van der Waals surface area contributed by atoms with Crippen LogP contribution in [0.4, 0.5) is 5.69 Å². The van der Waals surface area contributed by atoms with Gasteiger partial charge in [-0.05, 0) is 54.6 Å². The van der Waals surface area contributed by atoms with E-state index in [1.807, 2.05) is 54.6 Å². The molecule has 0 aliphatic rings. The summed E-state index contributed by atoms with van der Waals surface area (Å²) in [5, 5.41) is 11.3. The summed E-state index contributed by atoms with van der Waals surface area (Å²) in [5.74, 6) is 2.51. The largest absolute Gasteiger partial charge is 0.493 e. The van der Waals surface area contributed by atoms with E-state index >= 15 is 0 Å². The Morgan fingerprint density at radius 1 is 0.974 bits per heavy atom. The van der Waals surface area contributed by atoms with E-state index < -0.39 is 0 Å². The highest BCUT2D eigenvalue weighted by atomic mass is 79.9. The van der Waals surface area contributed by atoms with Crippen LogP contribution in [0.15, 0.2) is 68.7 Å². The second-order valence-corrected chi connectivity index (χ2v) is 9.79. The van der Waals surface area contributed by atoms with Gasteiger partial charge in [-0.2, -0.15) is 0 Å². The number of aromatic amines is 1. The number of nitrogens with zero attached hydrogens (tertiary/aromatic N) is 3. The molecule has 0 radical (unpaired) electrons. The Balaban J connectivity index is 1.31. The highest BCUT2D eigenvalue weighted by molar-refractivity contribution is 9.10. The first-order chi connectivity index (χ1) is 18.5. The second-order valence-electron chi connectivity index (χ2n) is 7.95. The molecule has 2 N–H and O–H groups in total. The zero-order valence-electron chi connectivity index (χ0n) is 20.6. The van der Waals surface area contributed by atoms with E-state index in [2.05, 4.69) is 36.4 Å². The van der Waals surface area contributed by atoms with E-state index in [1.54, 1.807) is 21.3 Å². The van der Waals surface area contributed by atoms with Crippen LogP contribution in [0.25, 0.3) is 33.9 Å². The minimum absolute atomic E-state index is 0.134. The van der Waals surface area contributed by atoms with Gasteiger partial charge in [0.1, 0.15) is 5.82 Å². The summed E-state index contributed by atoms with van der Waals surface area (Å²) >= 11 is 4.54. The molecule has 2 heterocycles.